The number of nitrogens with one attached hydrogen (secondary N) is 1. The molecule has 2 rings (SSSR count). The zero-order chi connectivity index (χ0) is 16.1. The van der Waals surface area contributed by atoms with E-state index in [0.29, 0.717) is 11.1 Å². The summed E-state index contributed by atoms with van der Waals surface area (Å²) >= 11 is 0. The Hall–Kier alpha value is -2.21. The predicted molar refractivity (Wildman–Crippen MR) is 79.9 cm³/mol. The number of carbonyl (C=O) groups excluding carboxylic acids is 2. The molecule has 6 heteroatoms. The average molecular weight is 306 g/mol. The molecule has 2 N–H and O–H groups in total. The van der Waals surface area contributed by atoms with Crippen LogP contribution in [-0.2, 0) is 11.3 Å². The van der Waals surface area contributed by atoms with Gasteiger partial charge >= 0.3 is 0 Å². The van der Waals surface area contributed by atoms with Crippen LogP contribution in [0.4, 0.5) is 4.39 Å². The number of alkyl halides is 1. The van der Waals surface area contributed by atoms with Crippen molar-refractivity contribution in [3.8, 4) is 0 Å². The van der Waals surface area contributed by atoms with E-state index >= 15 is 0 Å². The summed E-state index contributed by atoms with van der Waals surface area (Å²) in [5, 5.41) is 12.2. The molecule has 0 radical (unpaired) electrons. The van der Waals surface area contributed by atoms with Gasteiger partial charge in [0.25, 0.3) is 5.91 Å². The third-order valence-corrected chi connectivity index (χ3v) is 3.67. The van der Waals surface area contributed by atoms with Crippen molar-refractivity contribution in [2.24, 2.45) is 0 Å². The SMILES string of the molecule is C=CC(=O)NCc1ccccc1C(=O)N1CC[C@@H](F)[C@H](O)C1. The summed E-state index contributed by atoms with van der Waals surface area (Å²) in [5.41, 5.74) is 1.11. The summed E-state index contributed by atoms with van der Waals surface area (Å²) < 4.78 is 13.3. The van der Waals surface area contributed by atoms with E-state index in [1.54, 1.807) is 24.3 Å². The third kappa shape index (κ3) is 3.71. The summed E-state index contributed by atoms with van der Waals surface area (Å²) in [5.74, 6) is -0.592. The zero-order valence-electron chi connectivity index (χ0n) is 12.2. The number of amides is 2. The van der Waals surface area contributed by atoms with Crippen LogP contribution >= 0.6 is 0 Å². The number of carbonyl (C=O) groups is 2. The van der Waals surface area contributed by atoms with Crippen molar-refractivity contribution < 1.29 is 19.1 Å². The smallest absolute Gasteiger partial charge is 0.254 e. The van der Waals surface area contributed by atoms with E-state index in [0.717, 1.165) is 6.08 Å². The normalized spacial score (nSPS) is 21.3. The highest BCUT2D eigenvalue weighted by Crippen LogP contribution is 2.18. The molecule has 2 amide bonds. The van der Waals surface area contributed by atoms with Gasteiger partial charge < -0.3 is 15.3 Å². The number of nitrogens with zero attached hydrogens (tertiary/aromatic N) is 1. The lowest BCUT2D eigenvalue weighted by Crippen LogP contribution is -2.47. The van der Waals surface area contributed by atoms with Crippen molar-refractivity contribution in [2.45, 2.75) is 25.2 Å². The second kappa shape index (κ2) is 7.17. The topological polar surface area (TPSA) is 69.6 Å². The Kier molecular flexibility index (Phi) is 5.27. The molecule has 1 fully saturated rings. The maximum absolute atomic E-state index is 13.3. The summed E-state index contributed by atoms with van der Waals surface area (Å²) in [7, 11) is 0. The molecule has 1 aromatic rings. The number of halogens is 1. The van der Waals surface area contributed by atoms with E-state index in [-0.39, 0.29) is 37.9 Å². The summed E-state index contributed by atoms with van der Waals surface area (Å²) in [6.45, 7) is 3.82. The molecule has 5 nitrogen and oxygen atoms in total. The minimum absolute atomic E-state index is 0.0205. The van der Waals surface area contributed by atoms with Crippen LogP contribution in [0, 0.1) is 0 Å². The Morgan fingerprint density at radius 3 is 2.86 bits per heavy atom. The molecule has 22 heavy (non-hydrogen) atoms. The van der Waals surface area contributed by atoms with Crippen LogP contribution in [0.2, 0.25) is 0 Å². The number of hydrogen-bond acceptors (Lipinski definition) is 3. The highest BCUT2D eigenvalue weighted by Gasteiger charge is 2.30. The molecule has 2 atom stereocenters. The lowest BCUT2D eigenvalue weighted by atomic mass is 10.0. The molecule has 0 unspecified atom stereocenters. The van der Waals surface area contributed by atoms with Gasteiger partial charge in [0.1, 0.15) is 12.3 Å². The van der Waals surface area contributed by atoms with E-state index in [9.17, 15) is 19.1 Å². The average Bonchev–Trinajstić information content (AvgIpc) is 2.54. The van der Waals surface area contributed by atoms with Gasteiger partial charge in [0.15, 0.2) is 0 Å². The van der Waals surface area contributed by atoms with Gasteiger partial charge in [-0.3, -0.25) is 9.59 Å². The predicted octanol–water partition coefficient (Wildman–Crippen LogP) is 1.03. The van der Waals surface area contributed by atoms with Gasteiger partial charge in [0.05, 0.1) is 0 Å². The van der Waals surface area contributed by atoms with Crippen molar-refractivity contribution >= 4 is 11.8 Å². The summed E-state index contributed by atoms with van der Waals surface area (Å²) in [4.78, 5) is 25.2. The minimum atomic E-state index is -1.29. The van der Waals surface area contributed by atoms with Crippen LogP contribution in [0.3, 0.4) is 0 Å². The molecule has 1 saturated heterocycles. The van der Waals surface area contributed by atoms with Gasteiger partial charge in [0.2, 0.25) is 5.91 Å². The van der Waals surface area contributed by atoms with Crippen molar-refractivity contribution in [3.05, 3.63) is 48.0 Å². The second-order valence-corrected chi connectivity index (χ2v) is 5.20. The van der Waals surface area contributed by atoms with Gasteiger partial charge in [0, 0.05) is 25.2 Å². The molecule has 118 valence electrons. The first-order chi connectivity index (χ1) is 10.5. The van der Waals surface area contributed by atoms with Crippen molar-refractivity contribution in [3.63, 3.8) is 0 Å². The number of benzene rings is 1. The van der Waals surface area contributed by atoms with Crippen LogP contribution in [0.15, 0.2) is 36.9 Å². The van der Waals surface area contributed by atoms with E-state index in [1.165, 1.54) is 4.90 Å². The lowest BCUT2D eigenvalue weighted by molar-refractivity contribution is -0.116. The standard InChI is InChI=1S/C16H19FN2O3/c1-2-15(21)18-9-11-5-3-4-6-12(11)16(22)19-8-7-13(17)14(20)10-19/h2-6,13-14,20H,1,7-10H2,(H,18,21)/t13-,14-/m1/s1. The Bertz CT molecular complexity index is 576. The second-order valence-electron chi connectivity index (χ2n) is 5.20. The van der Waals surface area contributed by atoms with Gasteiger partial charge in [-0.05, 0) is 24.1 Å². The largest absolute Gasteiger partial charge is 0.388 e. The molecule has 0 aliphatic carbocycles. The molecule has 0 saturated carbocycles. The maximum Gasteiger partial charge on any atom is 0.254 e. The van der Waals surface area contributed by atoms with Crippen LogP contribution in [0.1, 0.15) is 22.3 Å². The number of hydrogen-bond donors (Lipinski definition) is 2. The first-order valence-corrected chi connectivity index (χ1v) is 7.12. The maximum atomic E-state index is 13.3. The van der Waals surface area contributed by atoms with Crippen molar-refractivity contribution in [2.75, 3.05) is 13.1 Å². The summed E-state index contributed by atoms with van der Waals surface area (Å²) in [6.07, 6.45) is -1.15. The fraction of sp³-hybridized carbons (Fsp3) is 0.375. The lowest BCUT2D eigenvalue weighted by Gasteiger charge is -2.32. The molecule has 1 aromatic carbocycles. The van der Waals surface area contributed by atoms with E-state index in [1.807, 2.05) is 0 Å². The van der Waals surface area contributed by atoms with E-state index < -0.39 is 12.3 Å². The van der Waals surface area contributed by atoms with Gasteiger partial charge in [-0.15, -0.1) is 0 Å². The van der Waals surface area contributed by atoms with Crippen LogP contribution in [0.25, 0.3) is 0 Å². The Balaban J connectivity index is 2.12. The molecule has 1 aliphatic heterocycles. The molecule has 0 aromatic heterocycles. The van der Waals surface area contributed by atoms with Crippen LogP contribution in [0.5, 0.6) is 0 Å². The Morgan fingerprint density at radius 2 is 2.18 bits per heavy atom. The molecule has 0 spiro atoms. The fourth-order valence-electron chi connectivity index (χ4n) is 2.40. The molecular formula is C16H19FN2O3. The zero-order valence-corrected chi connectivity index (χ0v) is 12.2. The van der Waals surface area contributed by atoms with Crippen molar-refractivity contribution in [1.82, 2.24) is 10.2 Å². The summed E-state index contributed by atoms with van der Waals surface area (Å²) in [6, 6.07) is 6.90. The third-order valence-electron chi connectivity index (χ3n) is 3.67. The molecule has 1 heterocycles. The van der Waals surface area contributed by atoms with E-state index in [4.69, 9.17) is 0 Å². The number of aliphatic hydroxyl groups excluding tert-OH is 1. The fourth-order valence-corrected chi connectivity index (χ4v) is 2.40. The van der Waals surface area contributed by atoms with Gasteiger partial charge in [-0.2, -0.15) is 0 Å². The van der Waals surface area contributed by atoms with Crippen LogP contribution < -0.4 is 5.32 Å². The number of rotatable bonds is 4. The first kappa shape index (κ1) is 16.2. The number of β-amino-alcohol motifs (C(OH)–C–C–N with tert-alkyl or cyclic N) is 1. The monoisotopic (exact) mass is 306 g/mol. The van der Waals surface area contributed by atoms with Gasteiger partial charge in [-0.1, -0.05) is 24.8 Å². The Labute approximate surface area is 128 Å². The molecular weight excluding hydrogens is 287 g/mol. The van der Waals surface area contributed by atoms with Crippen LogP contribution in [-0.4, -0.2) is 47.2 Å². The quantitative estimate of drug-likeness (QED) is 0.817. The van der Waals surface area contributed by atoms with Crippen molar-refractivity contribution in [1.29, 1.82) is 0 Å². The number of piperidine rings is 1. The number of likely N-dealkylation sites (tertiary alicyclic amines) is 1. The Morgan fingerprint density at radius 1 is 1.45 bits per heavy atom. The minimum Gasteiger partial charge on any atom is -0.388 e. The number of aliphatic hydroxyl groups is 1. The highest BCUT2D eigenvalue weighted by molar-refractivity contribution is 5.96. The van der Waals surface area contributed by atoms with E-state index in [2.05, 4.69) is 11.9 Å². The first-order valence-electron chi connectivity index (χ1n) is 7.12. The molecule has 0 bridgehead atoms. The molecule has 1 aliphatic rings. The highest BCUT2D eigenvalue weighted by atomic mass is 19.1. The van der Waals surface area contributed by atoms with Gasteiger partial charge in [-0.25, -0.2) is 4.39 Å².